The number of hydrogen-bond donors (Lipinski definition) is 1. The second-order valence-electron chi connectivity index (χ2n) is 6.07. The summed E-state index contributed by atoms with van der Waals surface area (Å²) in [6.07, 6.45) is 0. The van der Waals surface area contributed by atoms with Crippen molar-refractivity contribution in [3.05, 3.63) is 24.3 Å². The van der Waals surface area contributed by atoms with E-state index in [-0.39, 0.29) is 5.54 Å². The molecule has 0 fully saturated rings. The van der Waals surface area contributed by atoms with Crippen LogP contribution in [0.25, 0.3) is 0 Å². The van der Waals surface area contributed by atoms with E-state index in [1.165, 1.54) is 11.4 Å². The number of rotatable bonds is 3. The monoisotopic (exact) mass is 247 g/mol. The lowest BCUT2D eigenvalue weighted by Gasteiger charge is -2.37. The number of likely N-dealkylation sites (N-methyl/N-ethyl adjacent to an activating group) is 1. The van der Waals surface area contributed by atoms with Crippen LogP contribution >= 0.6 is 0 Å². The van der Waals surface area contributed by atoms with Crippen LogP contribution in [0.2, 0.25) is 0 Å². The fourth-order valence-electron chi connectivity index (χ4n) is 2.36. The first-order chi connectivity index (χ1) is 8.47. The summed E-state index contributed by atoms with van der Waals surface area (Å²) in [4.78, 5) is 4.82. The molecule has 1 aromatic rings. The average Bonchev–Trinajstić information content (AvgIpc) is 2.31. The highest BCUT2D eigenvalue weighted by molar-refractivity contribution is 5.73. The van der Waals surface area contributed by atoms with Gasteiger partial charge in [-0.05, 0) is 32.9 Å². The molecule has 0 saturated carbocycles. The Labute approximate surface area is 111 Å². The highest BCUT2D eigenvalue weighted by atomic mass is 15.3. The normalized spacial score (nSPS) is 15.8. The fraction of sp³-hybridized carbons (Fsp3) is 0.600. The van der Waals surface area contributed by atoms with E-state index in [2.05, 4.69) is 67.2 Å². The van der Waals surface area contributed by atoms with E-state index in [0.717, 1.165) is 26.2 Å². The van der Waals surface area contributed by atoms with Crippen LogP contribution in [0.5, 0.6) is 0 Å². The molecule has 0 atom stereocenters. The summed E-state index contributed by atoms with van der Waals surface area (Å²) in [7, 11) is 2.17. The Hall–Kier alpha value is -1.22. The molecule has 2 rings (SSSR count). The van der Waals surface area contributed by atoms with Gasteiger partial charge in [-0.25, -0.2) is 0 Å². The number of para-hydroxylation sites is 2. The Kier molecular flexibility index (Phi) is 3.81. The molecule has 0 saturated heterocycles. The third-order valence-corrected chi connectivity index (χ3v) is 3.38. The molecule has 18 heavy (non-hydrogen) atoms. The second kappa shape index (κ2) is 5.19. The largest absolute Gasteiger partial charge is 0.371 e. The summed E-state index contributed by atoms with van der Waals surface area (Å²) in [6.45, 7) is 11.0. The molecule has 0 amide bonds. The van der Waals surface area contributed by atoms with Crippen LogP contribution in [0.15, 0.2) is 24.3 Å². The first kappa shape index (κ1) is 13.2. The van der Waals surface area contributed by atoms with Crippen LogP contribution in [0.1, 0.15) is 20.8 Å². The molecule has 0 aromatic heterocycles. The van der Waals surface area contributed by atoms with E-state index in [9.17, 15) is 0 Å². The van der Waals surface area contributed by atoms with Crippen LogP contribution in [-0.2, 0) is 0 Å². The number of fused-ring (bicyclic) bond motifs is 1. The predicted octanol–water partition coefficient (Wildman–Crippen LogP) is 2.33. The van der Waals surface area contributed by atoms with E-state index < -0.39 is 0 Å². The zero-order chi connectivity index (χ0) is 13.2. The van der Waals surface area contributed by atoms with Crippen molar-refractivity contribution in [2.45, 2.75) is 26.3 Å². The minimum atomic E-state index is 0.200. The minimum Gasteiger partial charge on any atom is -0.371 e. The van der Waals surface area contributed by atoms with Crippen LogP contribution in [0.4, 0.5) is 11.4 Å². The van der Waals surface area contributed by atoms with Crippen LogP contribution in [-0.4, -0.2) is 38.8 Å². The van der Waals surface area contributed by atoms with Gasteiger partial charge in [-0.15, -0.1) is 0 Å². The molecular formula is C15H25N3. The van der Waals surface area contributed by atoms with E-state index in [1.54, 1.807) is 0 Å². The number of nitrogens with zero attached hydrogens (tertiary/aromatic N) is 2. The molecule has 0 radical (unpaired) electrons. The molecule has 1 aliphatic heterocycles. The summed E-state index contributed by atoms with van der Waals surface area (Å²) >= 11 is 0. The Balaban J connectivity index is 2.01. The van der Waals surface area contributed by atoms with Crippen LogP contribution in [0.3, 0.4) is 0 Å². The topological polar surface area (TPSA) is 18.5 Å². The molecule has 3 heteroatoms. The molecule has 100 valence electrons. The van der Waals surface area contributed by atoms with Gasteiger partial charge in [0.15, 0.2) is 0 Å². The molecule has 0 spiro atoms. The SMILES string of the molecule is CN1CCN(CCNC(C)(C)C)c2ccccc21. The maximum absolute atomic E-state index is 3.56. The third kappa shape index (κ3) is 3.16. The lowest BCUT2D eigenvalue weighted by atomic mass is 10.1. The smallest absolute Gasteiger partial charge is 0.0605 e. The Bertz CT molecular complexity index is 395. The van der Waals surface area contributed by atoms with E-state index >= 15 is 0 Å². The van der Waals surface area contributed by atoms with Gasteiger partial charge in [-0.2, -0.15) is 0 Å². The van der Waals surface area contributed by atoms with Crippen molar-refractivity contribution in [2.75, 3.05) is 43.0 Å². The number of anilines is 2. The molecule has 1 N–H and O–H groups in total. The van der Waals surface area contributed by atoms with Crippen molar-refractivity contribution < 1.29 is 0 Å². The molecular weight excluding hydrogens is 222 g/mol. The van der Waals surface area contributed by atoms with Gasteiger partial charge in [0.05, 0.1) is 11.4 Å². The molecule has 0 bridgehead atoms. The average molecular weight is 247 g/mol. The predicted molar refractivity (Wildman–Crippen MR) is 79.7 cm³/mol. The van der Waals surface area contributed by atoms with Gasteiger partial charge >= 0.3 is 0 Å². The van der Waals surface area contributed by atoms with E-state index in [4.69, 9.17) is 0 Å². The highest BCUT2D eigenvalue weighted by Crippen LogP contribution is 2.31. The summed E-state index contributed by atoms with van der Waals surface area (Å²) < 4.78 is 0. The summed E-state index contributed by atoms with van der Waals surface area (Å²) in [5, 5.41) is 3.56. The molecule has 1 aromatic carbocycles. The number of nitrogens with one attached hydrogen (secondary N) is 1. The van der Waals surface area contributed by atoms with Gasteiger partial charge < -0.3 is 15.1 Å². The quantitative estimate of drug-likeness (QED) is 0.884. The summed E-state index contributed by atoms with van der Waals surface area (Å²) in [5.74, 6) is 0. The molecule has 0 unspecified atom stereocenters. The summed E-state index contributed by atoms with van der Waals surface area (Å²) in [6, 6.07) is 8.68. The minimum absolute atomic E-state index is 0.200. The number of benzene rings is 1. The fourth-order valence-corrected chi connectivity index (χ4v) is 2.36. The first-order valence-corrected chi connectivity index (χ1v) is 6.77. The van der Waals surface area contributed by atoms with Crippen molar-refractivity contribution in [3.63, 3.8) is 0 Å². The van der Waals surface area contributed by atoms with Crippen LogP contribution < -0.4 is 15.1 Å². The lowest BCUT2D eigenvalue weighted by molar-refractivity contribution is 0.428. The standard InChI is InChI=1S/C15H25N3/c1-15(2,3)16-9-10-18-12-11-17(4)13-7-5-6-8-14(13)18/h5-8,16H,9-12H2,1-4H3. The zero-order valence-corrected chi connectivity index (χ0v) is 12.0. The van der Waals surface area contributed by atoms with Gasteiger partial charge in [-0.3, -0.25) is 0 Å². The second-order valence-corrected chi connectivity index (χ2v) is 6.07. The summed E-state index contributed by atoms with van der Waals surface area (Å²) in [5.41, 5.74) is 2.91. The maximum atomic E-state index is 3.56. The Morgan fingerprint density at radius 1 is 1.11 bits per heavy atom. The molecule has 0 aliphatic carbocycles. The van der Waals surface area contributed by atoms with Crippen LogP contribution in [0, 0.1) is 0 Å². The number of hydrogen-bond acceptors (Lipinski definition) is 3. The van der Waals surface area contributed by atoms with Crippen molar-refractivity contribution in [2.24, 2.45) is 0 Å². The lowest BCUT2D eigenvalue weighted by Crippen LogP contribution is -2.45. The highest BCUT2D eigenvalue weighted by Gasteiger charge is 2.19. The first-order valence-electron chi connectivity index (χ1n) is 6.77. The molecule has 3 nitrogen and oxygen atoms in total. The third-order valence-electron chi connectivity index (χ3n) is 3.38. The van der Waals surface area contributed by atoms with Gasteiger partial charge in [-0.1, -0.05) is 12.1 Å². The molecule has 1 aliphatic rings. The van der Waals surface area contributed by atoms with E-state index in [1.807, 2.05) is 0 Å². The maximum Gasteiger partial charge on any atom is 0.0605 e. The van der Waals surface area contributed by atoms with Gasteiger partial charge in [0.25, 0.3) is 0 Å². The van der Waals surface area contributed by atoms with Crippen molar-refractivity contribution in [3.8, 4) is 0 Å². The van der Waals surface area contributed by atoms with Crippen molar-refractivity contribution >= 4 is 11.4 Å². The zero-order valence-electron chi connectivity index (χ0n) is 12.0. The van der Waals surface area contributed by atoms with Crippen molar-refractivity contribution in [1.29, 1.82) is 0 Å². The van der Waals surface area contributed by atoms with Crippen molar-refractivity contribution in [1.82, 2.24) is 5.32 Å². The van der Waals surface area contributed by atoms with Gasteiger partial charge in [0.1, 0.15) is 0 Å². The van der Waals surface area contributed by atoms with Gasteiger partial charge in [0.2, 0.25) is 0 Å². The van der Waals surface area contributed by atoms with E-state index in [0.29, 0.717) is 0 Å². The Morgan fingerprint density at radius 2 is 1.78 bits per heavy atom. The van der Waals surface area contributed by atoms with Gasteiger partial charge in [0, 0.05) is 38.8 Å². The molecule has 1 heterocycles. The Morgan fingerprint density at radius 3 is 2.44 bits per heavy atom.